The summed E-state index contributed by atoms with van der Waals surface area (Å²) in [4.78, 5) is 35.5. The maximum atomic E-state index is 12.5. The van der Waals surface area contributed by atoms with Gasteiger partial charge in [0.1, 0.15) is 0 Å². The van der Waals surface area contributed by atoms with Gasteiger partial charge in [-0.3, -0.25) is 30.4 Å². The van der Waals surface area contributed by atoms with Crippen LogP contribution in [0, 0.1) is 5.92 Å². The number of hydrogen-bond acceptors (Lipinski definition) is 6. The van der Waals surface area contributed by atoms with Gasteiger partial charge >= 0.3 is 0 Å². The summed E-state index contributed by atoms with van der Waals surface area (Å²) < 4.78 is 0. The highest BCUT2D eigenvalue weighted by Crippen LogP contribution is 2.31. The van der Waals surface area contributed by atoms with Gasteiger partial charge in [-0.2, -0.15) is 10.2 Å². The standard InChI is InChI=1S/C18H25N5O4/c1-2-3-4-7-13(11-23(27)12-24)17(25)21-22-18(26)15-10-19-20-16-9-6-5-8-14(15)16/h5-6,8-9,12-13,15,27H,2-4,7,10-11H2,1H3,(H,21,25)(H,22,26)/t13-,15?/m1/s1. The van der Waals surface area contributed by atoms with E-state index >= 15 is 0 Å². The molecule has 0 saturated carbocycles. The molecule has 0 bridgehead atoms. The summed E-state index contributed by atoms with van der Waals surface area (Å²) in [5.41, 5.74) is 6.21. The molecule has 9 heteroatoms. The van der Waals surface area contributed by atoms with Gasteiger partial charge in [0.25, 0.3) is 0 Å². The van der Waals surface area contributed by atoms with Gasteiger partial charge in [-0.25, -0.2) is 5.06 Å². The van der Waals surface area contributed by atoms with Crippen LogP contribution < -0.4 is 10.9 Å². The number of carbonyl (C=O) groups excluding carboxylic acids is 3. The minimum Gasteiger partial charge on any atom is -0.286 e. The van der Waals surface area contributed by atoms with Crippen molar-refractivity contribution in [2.75, 3.05) is 13.1 Å². The Bertz CT molecular complexity index is 694. The maximum Gasteiger partial charge on any atom is 0.247 e. The number of unbranched alkanes of at least 4 members (excludes halogenated alkanes) is 2. The molecule has 3 amide bonds. The molecule has 1 aromatic rings. The number of carbonyl (C=O) groups is 3. The summed E-state index contributed by atoms with van der Waals surface area (Å²) >= 11 is 0. The Balaban J connectivity index is 1.94. The van der Waals surface area contributed by atoms with E-state index in [9.17, 15) is 19.6 Å². The van der Waals surface area contributed by atoms with Gasteiger partial charge in [0, 0.05) is 0 Å². The fourth-order valence-electron chi connectivity index (χ4n) is 2.92. The first kappa shape index (κ1) is 20.5. The van der Waals surface area contributed by atoms with Gasteiger partial charge in [-0.15, -0.1) is 0 Å². The predicted molar refractivity (Wildman–Crippen MR) is 97.0 cm³/mol. The largest absolute Gasteiger partial charge is 0.286 e. The summed E-state index contributed by atoms with van der Waals surface area (Å²) in [5, 5.41) is 17.8. The average Bonchev–Trinajstić information content (AvgIpc) is 2.70. The number of nitrogens with one attached hydrogen (secondary N) is 2. The second-order valence-electron chi connectivity index (χ2n) is 6.43. The highest BCUT2D eigenvalue weighted by atomic mass is 16.5. The molecule has 0 saturated heterocycles. The molecule has 1 aromatic carbocycles. The minimum atomic E-state index is -0.620. The zero-order valence-corrected chi connectivity index (χ0v) is 15.3. The van der Waals surface area contributed by atoms with Crippen LogP contribution in [0.3, 0.4) is 0 Å². The quantitative estimate of drug-likeness (QED) is 0.264. The molecule has 0 radical (unpaired) electrons. The van der Waals surface area contributed by atoms with Crippen molar-refractivity contribution in [2.45, 2.75) is 38.5 Å². The molecule has 1 heterocycles. The highest BCUT2D eigenvalue weighted by molar-refractivity contribution is 5.88. The number of amides is 3. The summed E-state index contributed by atoms with van der Waals surface area (Å²) in [6.07, 6.45) is 3.46. The molecule has 1 aliphatic rings. The average molecular weight is 375 g/mol. The molecule has 9 nitrogen and oxygen atoms in total. The molecular formula is C18H25N5O4. The fraction of sp³-hybridized carbons (Fsp3) is 0.500. The SMILES string of the molecule is CCCCC[C@H](CN(O)C=O)C(=O)NNC(=O)C1CN=Nc2ccccc21. The number of hydrogen-bond donors (Lipinski definition) is 3. The van der Waals surface area contributed by atoms with Crippen LogP contribution in [0.4, 0.5) is 5.69 Å². The van der Waals surface area contributed by atoms with E-state index in [4.69, 9.17) is 0 Å². The smallest absolute Gasteiger partial charge is 0.247 e. The van der Waals surface area contributed by atoms with E-state index in [1.807, 2.05) is 19.1 Å². The van der Waals surface area contributed by atoms with Gasteiger partial charge in [0.15, 0.2) is 0 Å². The number of hydroxylamine groups is 2. The van der Waals surface area contributed by atoms with Crippen LogP contribution in [0.2, 0.25) is 0 Å². The Hall–Kier alpha value is -2.81. The van der Waals surface area contributed by atoms with Crippen LogP contribution in [0.25, 0.3) is 0 Å². The first-order chi connectivity index (χ1) is 13.1. The molecule has 3 N–H and O–H groups in total. The van der Waals surface area contributed by atoms with Crippen LogP contribution in [0.1, 0.15) is 44.1 Å². The Morgan fingerprint density at radius 1 is 1.33 bits per heavy atom. The Morgan fingerprint density at radius 2 is 2.11 bits per heavy atom. The molecule has 27 heavy (non-hydrogen) atoms. The minimum absolute atomic E-state index is 0.130. The number of hydrazine groups is 1. The molecule has 0 aliphatic carbocycles. The lowest BCUT2D eigenvalue weighted by molar-refractivity contribution is -0.155. The molecule has 146 valence electrons. The summed E-state index contributed by atoms with van der Waals surface area (Å²) in [6, 6.07) is 7.21. The second kappa shape index (κ2) is 10.4. The van der Waals surface area contributed by atoms with Crippen molar-refractivity contribution < 1.29 is 19.6 Å². The normalized spacial score (nSPS) is 16.1. The van der Waals surface area contributed by atoms with Crippen molar-refractivity contribution in [3.63, 3.8) is 0 Å². The Morgan fingerprint density at radius 3 is 2.85 bits per heavy atom. The molecular weight excluding hydrogens is 350 g/mol. The molecule has 2 atom stereocenters. The van der Waals surface area contributed by atoms with E-state index in [2.05, 4.69) is 21.1 Å². The Labute approximate surface area is 157 Å². The number of azo groups is 1. The molecule has 0 fully saturated rings. The zero-order valence-electron chi connectivity index (χ0n) is 15.3. The first-order valence-electron chi connectivity index (χ1n) is 9.03. The molecule has 0 aromatic heterocycles. The van der Waals surface area contributed by atoms with Crippen LogP contribution in [-0.2, 0) is 14.4 Å². The number of benzene rings is 1. The van der Waals surface area contributed by atoms with Crippen molar-refractivity contribution in [2.24, 2.45) is 16.1 Å². The zero-order chi connectivity index (χ0) is 19.6. The van der Waals surface area contributed by atoms with E-state index in [-0.39, 0.29) is 19.5 Å². The van der Waals surface area contributed by atoms with Crippen molar-refractivity contribution >= 4 is 23.9 Å². The molecule has 1 aliphatic heterocycles. The van der Waals surface area contributed by atoms with Gasteiger partial charge in [-0.1, -0.05) is 44.4 Å². The van der Waals surface area contributed by atoms with Crippen LogP contribution in [0.15, 0.2) is 34.5 Å². The number of rotatable bonds is 9. The van der Waals surface area contributed by atoms with Crippen molar-refractivity contribution in [3.8, 4) is 0 Å². The molecule has 2 rings (SSSR count). The first-order valence-corrected chi connectivity index (χ1v) is 9.03. The third kappa shape index (κ3) is 5.85. The van der Waals surface area contributed by atoms with Crippen molar-refractivity contribution in [1.29, 1.82) is 0 Å². The lowest BCUT2D eigenvalue weighted by Crippen LogP contribution is -2.48. The number of nitrogens with zero attached hydrogens (tertiary/aromatic N) is 3. The van der Waals surface area contributed by atoms with Crippen molar-refractivity contribution in [1.82, 2.24) is 15.9 Å². The van der Waals surface area contributed by atoms with E-state index in [1.165, 1.54) is 0 Å². The van der Waals surface area contributed by atoms with Crippen LogP contribution in [0.5, 0.6) is 0 Å². The van der Waals surface area contributed by atoms with E-state index in [0.29, 0.717) is 17.2 Å². The molecule has 0 spiro atoms. The van der Waals surface area contributed by atoms with Crippen molar-refractivity contribution in [3.05, 3.63) is 29.8 Å². The third-order valence-corrected chi connectivity index (χ3v) is 4.44. The predicted octanol–water partition coefficient (Wildman–Crippen LogP) is 2.06. The van der Waals surface area contributed by atoms with Gasteiger partial charge in [0.05, 0.1) is 30.6 Å². The number of fused-ring (bicyclic) bond motifs is 1. The third-order valence-electron chi connectivity index (χ3n) is 4.44. The van der Waals surface area contributed by atoms with Gasteiger partial charge < -0.3 is 0 Å². The van der Waals surface area contributed by atoms with Crippen LogP contribution >= 0.6 is 0 Å². The summed E-state index contributed by atoms with van der Waals surface area (Å²) in [6.45, 7) is 2.11. The van der Waals surface area contributed by atoms with Gasteiger partial charge in [-0.05, 0) is 18.1 Å². The van der Waals surface area contributed by atoms with Crippen LogP contribution in [-0.4, -0.2) is 41.6 Å². The topological polar surface area (TPSA) is 123 Å². The van der Waals surface area contributed by atoms with Gasteiger partial charge in [0.2, 0.25) is 18.2 Å². The second-order valence-corrected chi connectivity index (χ2v) is 6.43. The highest BCUT2D eigenvalue weighted by Gasteiger charge is 2.27. The lowest BCUT2D eigenvalue weighted by Gasteiger charge is -2.22. The summed E-state index contributed by atoms with van der Waals surface area (Å²) in [5.74, 6) is -2.00. The monoisotopic (exact) mass is 375 g/mol. The van der Waals surface area contributed by atoms with E-state index in [1.54, 1.807) is 12.1 Å². The van der Waals surface area contributed by atoms with E-state index < -0.39 is 23.7 Å². The fourth-order valence-corrected chi connectivity index (χ4v) is 2.92. The van der Waals surface area contributed by atoms with E-state index in [0.717, 1.165) is 24.8 Å². The maximum absolute atomic E-state index is 12.5. The molecule has 1 unspecified atom stereocenters. The lowest BCUT2D eigenvalue weighted by atomic mass is 9.96. The Kier molecular flexibility index (Phi) is 7.87. The summed E-state index contributed by atoms with van der Waals surface area (Å²) in [7, 11) is 0.